The SMILES string of the molecule is CC(C)(C)[n+]1ccc2cccc(Br)c2c1. The van der Waals surface area contributed by atoms with E-state index >= 15 is 0 Å². The van der Waals surface area contributed by atoms with E-state index in [9.17, 15) is 0 Å². The molecule has 0 aliphatic rings. The molecule has 1 aromatic heterocycles. The molecule has 0 atom stereocenters. The van der Waals surface area contributed by atoms with Crippen molar-refractivity contribution in [3.05, 3.63) is 41.1 Å². The summed E-state index contributed by atoms with van der Waals surface area (Å²) in [5.74, 6) is 0. The van der Waals surface area contributed by atoms with Gasteiger partial charge in [0.2, 0.25) is 0 Å². The molecule has 0 aliphatic carbocycles. The van der Waals surface area contributed by atoms with Gasteiger partial charge < -0.3 is 0 Å². The van der Waals surface area contributed by atoms with Gasteiger partial charge in [-0.25, -0.2) is 4.57 Å². The summed E-state index contributed by atoms with van der Waals surface area (Å²) in [6.45, 7) is 6.61. The van der Waals surface area contributed by atoms with Crippen molar-refractivity contribution < 1.29 is 4.57 Å². The van der Waals surface area contributed by atoms with E-state index in [1.54, 1.807) is 0 Å². The molecule has 0 saturated carbocycles. The molecular weight excluding hydrogens is 250 g/mol. The Bertz CT molecular complexity index is 497. The lowest BCUT2D eigenvalue weighted by Gasteiger charge is -2.13. The summed E-state index contributed by atoms with van der Waals surface area (Å²) in [7, 11) is 0. The fourth-order valence-corrected chi connectivity index (χ4v) is 2.08. The Morgan fingerprint density at radius 3 is 2.53 bits per heavy atom. The molecule has 0 N–H and O–H groups in total. The number of nitrogens with zero attached hydrogens (tertiary/aromatic N) is 1. The normalized spacial score (nSPS) is 12.0. The van der Waals surface area contributed by atoms with Crippen molar-refractivity contribution in [1.82, 2.24) is 0 Å². The van der Waals surface area contributed by atoms with Crippen LogP contribution in [0.3, 0.4) is 0 Å². The predicted octanol–water partition coefficient (Wildman–Crippen LogP) is 3.64. The summed E-state index contributed by atoms with van der Waals surface area (Å²) in [4.78, 5) is 0. The van der Waals surface area contributed by atoms with E-state index in [2.05, 4.69) is 77.9 Å². The molecule has 0 amide bonds. The van der Waals surface area contributed by atoms with Crippen molar-refractivity contribution in [2.24, 2.45) is 0 Å². The number of hydrogen-bond donors (Lipinski definition) is 0. The monoisotopic (exact) mass is 264 g/mol. The van der Waals surface area contributed by atoms with E-state index in [1.807, 2.05) is 0 Å². The first-order chi connectivity index (χ1) is 6.98. The zero-order valence-electron chi connectivity index (χ0n) is 9.29. The van der Waals surface area contributed by atoms with Crippen LogP contribution in [-0.4, -0.2) is 0 Å². The van der Waals surface area contributed by atoms with Crippen molar-refractivity contribution in [1.29, 1.82) is 0 Å². The highest BCUT2D eigenvalue weighted by atomic mass is 79.9. The molecule has 1 heterocycles. The van der Waals surface area contributed by atoms with Gasteiger partial charge in [0, 0.05) is 31.3 Å². The molecule has 1 aromatic carbocycles. The average Bonchev–Trinajstić information content (AvgIpc) is 2.16. The van der Waals surface area contributed by atoms with Crippen molar-refractivity contribution in [3.63, 3.8) is 0 Å². The summed E-state index contributed by atoms with van der Waals surface area (Å²) < 4.78 is 3.39. The highest BCUT2D eigenvalue weighted by Crippen LogP contribution is 2.22. The second-order valence-electron chi connectivity index (χ2n) is 4.77. The fraction of sp³-hybridized carbons (Fsp3) is 0.308. The van der Waals surface area contributed by atoms with Gasteiger partial charge in [-0.1, -0.05) is 12.1 Å². The number of hydrogen-bond acceptors (Lipinski definition) is 0. The Morgan fingerprint density at radius 1 is 1.13 bits per heavy atom. The Balaban J connectivity index is 2.70. The third kappa shape index (κ3) is 2.05. The van der Waals surface area contributed by atoms with E-state index in [-0.39, 0.29) is 5.54 Å². The molecule has 15 heavy (non-hydrogen) atoms. The largest absolute Gasteiger partial charge is 0.200 e. The van der Waals surface area contributed by atoms with Crippen LogP contribution in [-0.2, 0) is 5.54 Å². The highest BCUT2D eigenvalue weighted by molar-refractivity contribution is 9.10. The van der Waals surface area contributed by atoms with Crippen molar-refractivity contribution in [3.8, 4) is 0 Å². The molecule has 2 aromatic rings. The second-order valence-corrected chi connectivity index (χ2v) is 5.62. The highest BCUT2D eigenvalue weighted by Gasteiger charge is 2.21. The summed E-state index contributed by atoms with van der Waals surface area (Å²) >= 11 is 3.58. The minimum absolute atomic E-state index is 0.128. The van der Waals surface area contributed by atoms with Gasteiger partial charge in [0.05, 0.1) is 5.39 Å². The minimum atomic E-state index is 0.128. The molecule has 0 spiro atoms. The van der Waals surface area contributed by atoms with Crippen LogP contribution >= 0.6 is 15.9 Å². The maximum Gasteiger partial charge on any atom is 0.178 e. The topological polar surface area (TPSA) is 3.88 Å². The van der Waals surface area contributed by atoms with Gasteiger partial charge in [-0.05, 0) is 27.4 Å². The predicted molar refractivity (Wildman–Crippen MR) is 66.8 cm³/mol. The average molecular weight is 265 g/mol. The molecule has 2 rings (SSSR count). The number of aromatic nitrogens is 1. The van der Waals surface area contributed by atoms with Crippen molar-refractivity contribution >= 4 is 26.7 Å². The summed E-state index contributed by atoms with van der Waals surface area (Å²) in [5, 5.41) is 2.53. The van der Waals surface area contributed by atoms with E-state index in [0.717, 1.165) is 4.47 Å². The van der Waals surface area contributed by atoms with E-state index in [1.165, 1.54) is 10.8 Å². The molecular formula is C13H15BrN+. The van der Waals surface area contributed by atoms with E-state index in [4.69, 9.17) is 0 Å². The molecule has 78 valence electrons. The number of pyridine rings is 1. The van der Waals surface area contributed by atoms with Crippen LogP contribution in [0.1, 0.15) is 20.8 Å². The minimum Gasteiger partial charge on any atom is -0.200 e. The van der Waals surface area contributed by atoms with Crippen molar-refractivity contribution in [2.75, 3.05) is 0 Å². The zero-order chi connectivity index (χ0) is 11.1. The van der Waals surface area contributed by atoms with Gasteiger partial charge in [0.1, 0.15) is 0 Å². The number of fused-ring (bicyclic) bond motifs is 1. The van der Waals surface area contributed by atoms with Gasteiger partial charge in [0.15, 0.2) is 17.9 Å². The molecule has 1 nitrogen and oxygen atoms in total. The number of halogens is 1. The summed E-state index contributed by atoms with van der Waals surface area (Å²) in [6, 6.07) is 8.43. The van der Waals surface area contributed by atoms with Crippen molar-refractivity contribution in [2.45, 2.75) is 26.3 Å². The first-order valence-corrected chi connectivity index (χ1v) is 5.88. The van der Waals surface area contributed by atoms with Crippen LogP contribution in [0.25, 0.3) is 10.8 Å². The van der Waals surface area contributed by atoms with E-state index in [0.29, 0.717) is 0 Å². The number of rotatable bonds is 0. The quantitative estimate of drug-likeness (QED) is 0.640. The summed E-state index contributed by atoms with van der Waals surface area (Å²) in [5.41, 5.74) is 0.128. The second kappa shape index (κ2) is 3.60. The molecule has 0 bridgehead atoms. The molecule has 0 saturated heterocycles. The maximum atomic E-state index is 3.58. The maximum absolute atomic E-state index is 3.58. The van der Waals surface area contributed by atoms with Gasteiger partial charge in [0.25, 0.3) is 0 Å². The van der Waals surface area contributed by atoms with Crippen LogP contribution < -0.4 is 4.57 Å². The van der Waals surface area contributed by atoms with Crippen LogP contribution in [0, 0.1) is 0 Å². The molecule has 0 aliphatic heterocycles. The zero-order valence-corrected chi connectivity index (χ0v) is 10.9. The number of benzene rings is 1. The standard InChI is InChI=1S/C13H15BrN/c1-13(2,3)15-8-7-10-5-4-6-12(14)11(10)9-15/h4-9H,1-3H3/q+1. The lowest BCUT2D eigenvalue weighted by molar-refractivity contribution is -0.752. The van der Waals surface area contributed by atoms with E-state index < -0.39 is 0 Å². The third-order valence-corrected chi connectivity index (χ3v) is 3.24. The van der Waals surface area contributed by atoms with Crippen LogP contribution in [0.15, 0.2) is 41.1 Å². The van der Waals surface area contributed by atoms with Gasteiger partial charge in [-0.15, -0.1) is 0 Å². The molecule has 0 fully saturated rings. The van der Waals surface area contributed by atoms with Crippen LogP contribution in [0.4, 0.5) is 0 Å². The lowest BCUT2D eigenvalue weighted by atomic mass is 10.1. The Labute approximate surface area is 98.9 Å². The fourth-order valence-electron chi connectivity index (χ4n) is 1.60. The van der Waals surface area contributed by atoms with Crippen LogP contribution in [0.2, 0.25) is 0 Å². The van der Waals surface area contributed by atoms with Crippen LogP contribution in [0.5, 0.6) is 0 Å². The Kier molecular flexibility index (Phi) is 2.55. The third-order valence-electron chi connectivity index (χ3n) is 2.54. The Hall–Kier alpha value is -0.890. The molecule has 2 heteroatoms. The lowest BCUT2D eigenvalue weighted by Crippen LogP contribution is -2.49. The summed E-state index contributed by atoms with van der Waals surface area (Å²) in [6.07, 6.45) is 4.33. The smallest absolute Gasteiger partial charge is 0.178 e. The molecule has 0 radical (unpaired) electrons. The van der Waals surface area contributed by atoms with Gasteiger partial charge in [-0.2, -0.15) is 0 Å². The first kappa shape index (κ1) is 10.6. The van der Waals surface area contributed by atoms with Gasteiger partial charge in [-0.3, -0.25) is 0 Å². The van der Waals surface area contributed by atoms with Gasteiger partial charge >= 0.3 is 0 Å². The Morgan fingerprint density at radius 2 is 1.87 bits per heavy atom. The molecule has 0 unspecified atom stereocenters. The first-order valence-electron chi connectivity index (χ1n) is 5.08.